The van der Waals surface area contributed by atoms with Crippen LogP contribution in [0.3, 0.4) is 0 Å². The Bertz CT molecular complexity index is 1490. The van der Waals surface area contributed by atoms with Crippen molar-refractivity contribution in [3.63, 3.8) is 0 Å². The third-order valence-corrected chi connectivity index (χ3v) is 6.30. The largest absolute Gasteiger partial charge is 0.456 e. The minimum Gasteiger partial charge on any atom is -0.456 e. The Morgan fingerprint density at radius 3 is 2.79 bits per heavy atom. The Hall–Kier alpha value is -3.90. The molecule has 1 N–H and O–H groups in total. The fourth-order valence-electron chi connectivity index (χ4n) is 4.58. The van der Waals surface area contributed by atoms with Crippen LogP contribution in [0.5, 0.6) is 0 Å². The van der Waals surface area contributed by atoms with E-state index in [1.165, 1.54) is 12.1 Å². The molecule has 1 aliphatic heterocycles. The molecule has 33 heavy (non-hydrogen) atoms. The molecule has 0 amide bonds. The summed E-state index contributed by atoms with van der Waals surface area (Å²) in [6, 6.07) is 17.1. The zero-order chi connectivity index (χ0) is 22.5. The van der Waals surface area contributed by atoms with E-state index in [1.807, 2.05) is 36.4 Å². The van der Waals surface area contributed by atoms with Gasteiger partial charge in [-0.1, -0.05) is 66.2 Å². The van der Waals surface area contributed by atoms with E-state index in [0.29, 0.717) is 11.3 Å². The molecule has 7 heteroatoms. The molecule has 1 aliphatic carbocycles. The lowest BCUT2D eigenvalue weighted by Gasteiger charge is -2.31. The number of esters is 1. The molecule has 1 atom stereocenters. The third-order valence-electron chi connectivity index (χ3n) is 6.02. The van der Waals surface area contributed by atoms with Gasteiger partial charge in [0.2, 0.25) is 0 Å². The Morgan fingerprint density at radius 1 is 1.15 bits per heavy atom. The van der Waals surface area contributed by atoms with E-state index < -0.39 is 5.82 Å². The zero-order valence-corrected chi connectivity index (χ0v) is 18.0. The first-order chi connectivity index (χ1) is 16.1. The molecule has 5 nitrogen and oxygen atoms in total. The molecule has 0 spiro atoms. The van der Waals surface area contributed by atoms with Gasteiger partial charge < -0.3 is 14.6 Å². The van der Waals surface area contributed by atoms with Crippen LogP contribution in [0.4, 0.5) is 10.2 Å². The summed E-state index contributed by atoms with van der Waals surface area (Å²) in [6.45, 7) is 0.146. The topological polar surface area (TPSA) is 58.2 Å². The van der Waals surface area contributed by atoms with Crippen molar-refractivity contribution < 1.29 is 13.9 Å². The summed E-state index contributed by atoms with van der Waals surface area (Å²) < 4.78 is 19.7. The summed E-state index contributed by atoms with van der Waals surface area (Å²) in [6.07, 6.45) is 7.22. The number of ether oxygens (including phenoxy) is 1. The summed E-state index contributed by atoms with van der Waals surface area (Å²) in [7, 11) is 0. The predicted octanol–water partition coefficient (Wildman–Crippen LogP) is 6.04. The second-order valence-corrected chi connectivity index (χ2v) is 8.30. The summed E-state index contributed by atoms with van der Waals surface area (Å²) in [4.78, 5) is 21.6. The van der Waals surface area contributed by atoms with Gasteiger partial charge in [-0.2, -0.15) is 0 Å². The van der Waals surface area contributed by atoms with Crippen LogP contribution in [-0.4, -0.2) is 22.5 Å². The molecule has 162 valence electrons. The molecule has 2 aliphatic rings. The number of aromatic nitrogens is 2. The smallest absolute Gasteiger partial charge is 0.333 e. The normalized spacial score (nSPS) is 16.7. The number of nitrogens with zero attached hydrogens (tertiary/aromatic N) is 2. The van der Waals surface area contributed by atoms with Crippen molar-refractivity contribution in [2.45, 2.75) is 6.04 Å². The Labute approximate surface area is 193 Å². The van der Waals surface area contributed by atoms with Crippen LogP contribution in [-0.2, 0) is 9.53 Å². The first kappa shape index (κ1) is 19.8. The van der Waals surface area contributed by atoms with Gasteiger partial charge in [0, 0.05) is 34.3 Å². The van der Waals surface area contributed by atoms with Crippen molar-refractivity contribution >= 4 is 40.4 Å². The van der Waals surface area contributed by atoms with Crippen LogP contribution in [0.2, 0.25) is 5.15 Å². The summed E-state index contributed by atoms with van der Waals surface area (Å²) in [5.74, 6) is -0.264. The Morgan fingerprint density at radius 2 is 1.97 bits per heavy atom. The van der Waals surface area contributed by atoms with Crippen LogP contribution in [0.15, 0.2) is 78.6 Å². The van der Waals surface area contributed by atoms with Crippen molar-refractivity contribution in [1.82, 2.24) is 9.97 Å². The van der Waals surface area contributed by atoms with Gasteiger partial charge in [-0.05, 0) is 23.3 Å². The molecule has 0 fully saturated rings. The highest BCUT2D eigenvalue weighted by Gasteiger charge is 2.33. The maximum atomic E-state index is 14.4. The van der Waals surface area contributed by atoms with Gasteiger partial charge in [-0.3, -0.25) is 0 Å². The van der Waals surface area contributed by atoms with Crippen LogP contribution in [0, 0.1) is 5.82 Å². The summed E-state index contributed by atoms with van der Waals surface area (Å²) >= 11 is 5.87. The minimum absolute atomic E-state index is 0.146. The van der Waals surface area contributed by atoms with Gasteiger partial charge in [0.1, 0.15) is 12.4 Å². The van der Waals surface area contributed by atoms with Crippen molar-refractivity contribution in [3.05, 3.63) is 101 Å². The highest BCUT2D eigenvalue weighted by atomic mass is 35.5. The maximum Gasteiger partial charge on any atom is 0.333 e. The predicted molar refractivity (Wildman–Crippen MR) is 126 cm³/mol. The fourth-order valence-corrected chi connectivity index (χ4v) is 4.68. The number of nitrogens with one attached hydrogen (secondary N) is 1. The lowest BCUT2D eigenvalue weighted by Crippen LogP contribution is -2.28. The van der Waals surface area contributed by atoms with E-state index in [2.05, 4.69) is 39.2 Å². The first-order valence-electron chi connectivity index (χ1n) is 10.5. The number of hydrogen-bond donors (Lipinski definition) is 1. The van der Waals surface area contributed by atoms with Crippen molar-refractivity contribution in [2.24, 2.45) is 0 Å². The number of benzene rings is 2. The lowest BCUT2D eigenvalue weighted by molar-refractivity contribution is -0.134. The zero-order valence-electron chi connectivity index (χ0n) is 17.3. The number of fused-ring (bicyclic) bond motifs is 2. The number of H-pyrrole nitrogens is 1. The van der Waals surface area contributed by atoms with Crippen LogP contribution >= 0.6 is 11.6 Å². The first-order valence-corrected chi connectivity index (χ1v) is 10.8. The van der Waals surface area contributed by atoms with E-state index in [1.54, 1.807) is 6.20 Å². The summed E-state index contributed by atoms with van der Waals surface area (Å²) in [5.41, 5.74) is 5.14. The number of aromatic amines is 1. The Balaban J connectivity index is 1.62. The quantitative estimate of drug-likeness (QED) is 0.300. The number of carbonyl (C=O) groups excluding carboxylic acids is 1. The van der Waals surface area contributed by atoms with Gasteiger partial charge >= 0.3 is 5.97 Å². The molecular weight excluding hydrogens is 441 g/mol. The average molecular weight is 458 g/mol. The molecule has 6 rings (SSSR count). The SMILES string of the molecule is O=C1C=C(N(c2[nH]c3ccccc3c2-c2cnc(Cl)c(F)c2)C2C=Cc3ccccc32)CO1. The molecule has 1 unspecified atom stereocenters. The van der Waals surface area contributed by atoms with Gasteiger partial charge in [-0.25, -0.2) is 14.2 Å². The van der Waals surface area contributed by atoms with Crippen LogP contribution < -0.4 is 4.90 Å². The van der Waals surface area contributed by atoms with E-state index in [-0.39, 0.29) is 23.8 Å². The van der Waals surface area contributed by atoms with Crippen molar-refractivity contribution in [3.8, 4) is 11.1 Å². The summed E-state index contributed by atoms with van der Waals surface area (Å²) in [5, 5.41) is 0.726. The molecule has 2 aromatic carbocycles. The van der Waals surface area contributed by atoms with E-state index in [4.69, 9.17) is 16.3 Å². The monoisotopic (exact) mass is 457 g/mol. The minimum atomic E-state index is -0.596. The fraction of sp³-hybridized carbons (Fsp3) is 0.0769. The molecule has 3 heterocycles. The van der Waals surface area contributed by atoms with Gasteiger partial charge in [-0.15, -0.1) is 0 Å². The number of halogens is 2. The second kappa shape index (κ2) is 7.60. The number of pyridine rings is 1. The number of cyclic esters (lactones) is 1. The van der Waals surface area contributed by atoms with Crippen molar-refractivity contribution in [1.29, 1.82) is 0 Å². The van der Waals surface area contributed by atoms with Gasteiger partial charge in [0.15, 0.2) is 11.0 Å². The molecule has 0 radical (unpaired) electrons. The molecule has 0 saturated carbocycles. The third kappa shape index (κ3) is 3.22. The standard InChI is InChI=1S/C26H17ClFN3O2/c27-25-20(28)11-16(13-29-25)24-19-7-3-4-8-21(19)30-26(24)31(17-12-23(32)33-14-17)22-10-9-15-5-1-2-6-18(15)22/h1-13,22,30H,14H2. The number of para-hydroxylation sites is 1. The highest BCUT2D eigenvalue weighted by Crippen LogP contribution is 2.45. The molecule has 4 aromatic rings. The van der Waals surface area contributed by atoms with Crippen LogP contribution in [0.1, 0.15) is 17.2 Å². The number of anilines is 1. The van der Waals surface area contributed by atoms with E-state index >= 15 is 0 Å². The molecule has 2 aromatic heterocycles. The highest BCUT2D eigenvalue weighted by molar-refractivity contribution is 6.29. The average Bonchev–Trinajstić information content (AvgIpc) is 3.54. The van der Waals surface area contributed by atoms with Crippen molar-refractivity contribution in [2.75, 3.05) is 11.5 Å². The van der Waals surface area contributed by atoms with Gasteiger partial charge in [0.25, 0.3) is 0 Å². The molecule has 0 bridgehead atoms. The second-order valence-electron chi connectivity index (χ2n) is 7.94. The molecule has 0 saturated heterocycles. The number of hydrogen-bond acceptors (Lipinski definition) is 4. The maximum absolute atomic E-state index is 14.4. The molecular formula is C26H17ClFN3O2. The van der Waals surface area contributed by atoms with E-state index in [0.717, 1.165) is 33.4 Å². The van der Waals surface area contributed by atoms with Gasteiger partial charge in [0.05, 0.1) is 11.7 Å². The number of carbonyl (C=O) groups is 1. The Kier molecular flexibility index (Phi) is 4.55. The number of rotatable bonds is 4. The lowest BCUT2D eigenvalue weighted by atomic mass is 10.0. The van der Waals surface area contributed by atoms with E-state index in [9.17, 15) is 9.18 Å². The van der Waals surface area contributed by atoms with Crippen LogP contribution in [0.25, 0.3) is 28.1 Å².